The number of nitrogens with two attached hydrogens (primary N) is 1. The number of amides is 1. The third-order valence-corrected chi connectivity index (χ3v) is 3.86. The van der Waals surface area contributed by atoms with Crippen molar-refractivity contribution in [2.45, 2.75) is 50.8 Å². The summed E-state index contributed by atoms with van der Waals surface area (Å²) in [5.74, 6) is 1.34. The number of benzene rings is 1. The zero-order valence-electron chi connectivity index (χ0n) is 12.7. The van der Waals surface area contributed by atoms with Crippen molar-refractivity contribution < 1.29 is 14.3 Å². The highest BCUT2D eigenvalue weighted by molar-refractivity contribution is 5.81. The molecule has 5 heteroatoms. The molecule has 1 unspecified atom stereocenters. The average molecular weight is 292 g/mol. The number of hydrogen-bond acceptors (Lipinski definition) is 4. The molecule has 1 fully saturated rings. The molecule has 1 aliphatic rings. The fourth-order valence-electron chi connectivity index (χ4n) is 2.49. The second-order valence-electron chi connectivity index (χ2n) is 5.56. The summed E-state index contributed by atoms with van der Waals surface area (Å²) in [6, 6.07) is 7.71. The van der Waals surface area contributed by atoms with Crippen LogP contribution in [0.2, 0.25) is 0 Å². The van der Waals surface area contributed by atoms with Crippen molar-refractivity contribution in [3.8, 4) is 11.5 Å². The Balaban J connectivity index is 1.81. The Morgan fingerprint density at radius 2 is 1.76 bits per heavy atom. The summed E-state index contributed by atoms with van der Waals surface area (Å²) in [4.78, 5) is 12.1. The Labute approximate surface area is 125 Å². The SMILES string of the molecule is COc1ccc(OC(C)C(=O)NC2CCC(N)CC2)cc1. The van der Waals surface area contributed by atoms with Crippen molar-refractivity contribution >= 4 is 5.91 Å². The minimum absolute atomic E-state index is 0.0775. The van der Waals surface area contributed by atoms with E-state index < -0.39 is 6.10 Å². The molecule has 0 radical (unpaired) electrons. The van der Waals surface area contributed by atoms with Crippen LogP contribution in [0.15, 0.2) is 24.3 Å². The maximum atomic E-state index is 12.1. The number of methoxy groups -OCH3 is 1. The van der Waals surface area contributed by atoms with Crippen molar-refractivity contribution in [3.63, 3.8) is 0 Å². The van der Waals surface area contributed by atoms with Crippen LogP contribution < -0.4 is 20.5 Å². The lowest BCUT2D eigenvalue weighted by Gasteiger charge is -2.27. The average Bonchev–Trinajstić information content (AvgIpc) is 2.50. The van der Waals surface area contributed by atoms with Gasteiger partial charge in [-0.2, -0.15) is 0 Å². The van der Waals surface area contributed by atoms with E-state index in [0.29, 0.717) is 5.75 Å². The van der Waals surface area contributed by atoms with Crippen LogP contribution in [0.4, 0.5) is 0 Å². The molecular formula is C16H24N2O3. The highest BCUT2D eigenvalue weighted by Crippen LogP contribution is 2.19. The van der Waals surface area contributed by atoms with Crippen molar-refractivity contribution in [2.75, 3.05) is 7.11 Å². The molecule has 0 spiro atoms. The van der Waals surface area contributed by atoms with Gasteiger partial charge in [0.05, 0.1) is 7.11 Å². The van der Waals surface area contributed by atoms with E-state index in [1.54, 1.807) is 26.2 Å². The lowest BCUT2D eigenvalue weighted by molar-refractivity contribution is -0.128. The van der Waals surface area contributed by atoms with Gasteiger partial charge in [-0.05, 0) is 56.9 Å². The van der Waals surface area contributed by atoms with Crippen LogP contribution in [0.1, 0.15) is 32.6 Å². The van der Waals surface area contributed by atoms with Crippen LogP contribution in [-0.4, -0.2) is 31.2 Å². The van der Waals surface area contributed by atoms with Crippen LogP contribution in [0.25, 0.3) is 0 Å². The van der Waals surface area contributed by atoms with Gasteiger partial charge >= 0.3 is 0 Å². The molecule has 1 aliphatic carbocycles. The van der Waals surface area contributed by atoms with Gasteiger partial charge < -0.3 is 20.5 Å². The zero-order valence-corrected chi connectivity index (χ0v) is 12.7. The van der Waals surface area contributed by atoms with Crippen molar-refractivity contribution in [1.82, 2.24) is 5.32 Å². The first-order valence-electron chi connectivity index (χ1n) is 7.45. The van der Waals surface area contributed by atoms with Gasteiger partial charge in [0.1, 0.15) is 11.5 Å². The van der Waals surface area contributed by atoms with E-state index in [1.165, 1.54) is 0 Å². The summed E-state index contributed by atoms with van der Waals surface area (Å²) < 4.78 is 10.7. The summed E-state index contributed by atoms with van der Waals surface area (Å²) in [6.07, 6.45) is 3.32. The van der Waals surface area contributed by atoms with Crippen LogP contribution in [0.3, 0.4) is 0 Å². The Morgan fingerprint density at radius 1 is 1.19 bits per heavy atom. The molecule has 1 amide bonds. The second-order valence-corrected chi connectivity index (χ2v) is 5.56. The van der Waals surface area contributed by atoms with E-state index >= 15 is 0 Å². The van der Waals surface area contributed by atoms with Crippen molar-refractivity contribution in [1.29, 1.82) is 0 Å². The van der Waals surface area contributed by atoms with Crippen LogP contribution >= 0.6 is 0 Å². The van der Waals surface area contributed by atoms with Gasteiger partial charge in [-0.25, -0.2) is 0 Å². The van der Waals surface area contributed by atoms with Crippen LogP contribution in [0.5, 0.6) is 11.5 Å². The van der Waals surface area contributed by atoms with E-state index in [0.717, 1.165) is 31.4 Å². The lowest BCUT2D eigenvalue weighted by atomic mass is 9.92. The first-order chi connectivity index (χ1) is 10.1. The molecule has 21 heavy (non-hydrogen) atoms. The molecule has 1 aromatic rings. The number of ether oxygens (including phenoxy) is 2. The summed E-state index contributed by atoms with van der Waals surface area (Å²) in [6.45, 7) is 1.76. The first-order valence-corrected chi connectivity index (χ1v) is 7.45. The third-order valence-electron chi connectivity index (χ3n) is 3.86. The number of rotatable bonds is 5. The number of nitrogens with one attached hydrogen (secondary N) is 1. The smallest absolute Gasteiger partial charge is 0.260 e. The molecule has 116 valence electrons. The topological polar surface area (TPSA) is 73.6 Å². The maximum Gasteiger partial charge on any atom is 0.260 e. The largest absolute Gasteiger partial charge is 0.497 e. The summed E-state index contributed by atoms with van der Waals surface area (Å²) >= 11 is 0. The molecular weight excluding hydrogens is 268 g/mol. The summed E-state index contributed by atoms with van der Waals surface area (Å²) in [5, 5.41) is 3.04. The minimum atomic E-state index is -0.519. The minimum Gasteiger partial charge on any atom is -0.497 e. The Morgan fingerprint density at radius 3 is 2.33 bits per heavy atom. The highest BCUT2D eigenvalue weighted by Gasteiger charge is 2.23. The molecule has 0 heterocycles. The second kappa shape index (κ2) is 7.31. The van der Waals surface area contributed by atoms with Crippen molar-refractivity contribution in [3.05, 3.63) is 24.3 Å². The quantitative estimate of drug-likeness (QED) is 0.868. The van der Waals surface area contributed by atoms with Crippen molar-refractivity contribution in [2.24, 2.45) is 5.73 Å². The standard InChI is InChI=1S/C16H24N2O3/c1-11(21-15-9-7-14(20-2)8-10-15)16(19)18-13-5-3-12(17)4-6-13/h7-13H,3-6,17H2,1-2H3,(H,18,19). The van der Waals surface area contributed by atoms with E-state index in [-0.39, 0.29) is 18.0 Å². The van der Waals surface area contributed by atoms with Gasteiger partial charge in [0.25, 0.3) is 5.91 Å². The van der Waals surface area contributed by atoms with Gasteiger partial charge in [-0.15, -0.1) is 0 Å². The number of carbonyl (C=O) groups is 1. The summed E-state index contributed by atoms with van der Waals surface area (Å²) in [5.41, 5.74) is 5.87. The number of hydrogen-bond donors (Lipinski definition) is 2. The van der Waals surface area contributed by atoms with E-state index in [1.807, 2.05) is 12.1 Å². The van der Waals surface area contributed by atoms with Gasteiger partial charge in [0, 0.05) is 12.1 Å². The molecule has 1 atom stereocenters. The van der Waals surface area contributed by atoms with Crippen LogP contribution in [-0.2, 0) is 4.79 Å². The molecule has 0 saturated heterocycles. The van der Waals surface area contributed by atoms with E-state index in [4.69, 9.17) is 15.2 Å². The Hall–Kier alpha value is -1.75. The van der Waals surface area contributed by atoms with Gasteiger partial charge in [0.15, 0.2) is 6.10 Å². The highest BCUT2D eigenvalue weighted by atomic mass is 16.5. The summed E-state index contributed by atoms with van der Waals surface area (Å²) in [7, 11) is 1.61. The molecule has 1 saturated carbocycles. The maximum absolute atomic E-state index is 12.1. The monoisotopic (exact) mass is 292 g/mol. The third kappa shape index (κ3) is 4.63. The Kier molecular flexibility index (Phi) is 5.44. The fourth-order valence-corrected chi connectivity index (χ4v) is 2.49. The molecule has 5 nitrogen and oxygen atoms in total. The van der Waals surface area contributed by atoms with Gasteiger partial charge in [0.2, 0.25) is 0 Å². The normalized spacial score (nSPS) is 23.2. The molecule has 1 aromatic carbocycles. The zero-order chi connectivity index (χ0) is 15.2. The molecule has 0 bridgehead atoms. The fraction of sp³-hybridized carbons (Fsp3) is 0.562. The van der Waals surface area contributed by atoms with E-state index in [2.05, 4.69) is 5.32 Å². The first kappa shape index (κ1) is 15.6. The number of carbonyl (C=O) groups excluding carboxylic acids is 1. The molecule has 0 aliphatic heterocycles. The van der Waals surface area contributed by atoms with Crippen LogP contribution in [0, 0.1) is 0 Å². The molecule has 0 aromatic heterocycles. The molecule has 3 N–H and O–H groups in total. The lowest BCUT2D eigenvalue weighted by Crippen LogP contribution is -2.45. The Bertz CT molecular complexity index is 453. The van der Waals surface area contributed by atoms with E-state index in [9.17, 15) is 4.79 Å². The van der Waals surface area contributed by atoms with Gasteiger partial charge in [-0.1, -0.05) is 0 Å². The predicted octanol–water partition coefficient (Wildman–Crippen LogP) is 1.85. The molecule has 2 rings (SSSR count). The predicted molar refractivity (Wildman–Crippen MR) is 81.5 cm³/mol. The van der Waals surface area contributed by atoms with Gasteiger partial charge in [-0.3, -0.25) is 4.79 Å².